The van der Waals surface area contributed by atoms with E-state index in [2.05, 4.69) is 5.10 Å². The molecule has 1 heterocycles. The zero-order valence-corrected chi connectivity index (χ0v) is 19.6. The number of amides is 2. The van der Waals surface area contributed by atoms with Crippen LogP contribution in [0.5, 0.6) is 5.75 Å². The van der Waals surface area contributed by atoms with Crippen LogP contribution in [0.4, 0.5) is 4.39 Å². The minimum atomic E-state index is -0.332. The summed E-state index contributed by atoms with van der Waals surface area (Å²) in [6, 6.07) is 13.3. The van der Waals surface area contributed by atoms with Gasteiger partial charge in [-0.15, -0.1) is 0 Å². The smallest absolute Gasteiger partial charge is 0.262 e. The van der Waals surface area contributed by atoms with E-state index < -0.39 is 0 Å². The van der Waals surface area contributed by atoms with Gasteiger partial charge in [0.05, 0.1) is 25.5 Å². The third-order valence-corrected chi connectivity index (χ3v) is 6.50. The monoisotopic (exact) mass is 467 g/mol. The number of hydrazone groups is 1. The number of ether oxygens (including phenoxy) is 2. The highest BCUT2D eigenvalue weighted by molar-refractivity contribution is 6.03. The fraction of sp³-hybridized carbons (Fsp3) is 0.423. The van der Waals surface area contributed by atoms with Crippen molar-refractivity contribution in [3.63, 3.8) is 0 Å². The molecule has 34 heavy (non-hydrogen) atoms. The van der Waals surface area contributed by atoms with Crippen molar-refractivity contribution in [2.45, 2.75) is 31.7 Å². The Labute approximate surface area is 199 Å². The van der Waals surface area contributed by atoms with Gasteiger partial charge in [-0.2, -0.15) is 5.10 Å². The average Bonchev–Trinajstić information content (AvgIpc) is 3.26. The van der Waals surface area contributed by atoms with Gasteiger partial charge < -0.3 is 14.4 Å². The first-order chi connectivity index (χ1) is 16.5. The summed E-state index contributed by atoms with van der Waals surface area (Å²) in [5.41, 5.74) is 2.36. The van der Waals surface area contributed by atoms with Crippen molar-refractivity contribution < 1.29 is 23.5 Å². The quantitative estimate of drug-likeness (QED) is 0.563. The van der Waals surface area contributed by atoms with E-state index in [0.29, 0.717) is 25.3 Å². The molecule has 0 unspecified atom stereocenters. The molecule has 2 aromatic rings. The van der Waals surface area contributed by atoms with E-state index in [1.807, 2.05) is 24.3 Å². The van der Waals surface area contributed by atoms with E-state index >= 15 is 0 Å². The Balaban J connectivity index is 1.59. The highest BCUT2D eigenvalue weighted by atomic mass is 19.1. The van der Waals surface area contributed by atoms with Crippen LogP contribution in [-0.2, 0) is 14.3 Å². The average molecular weight is 468 g/mol. The number of hydrogen-bond acceptors (Lipinski definition) is 5. The molecule has 2 amide bonds. The molecular formula is C26H30FN3O4. The largest absolute Gasteiger partial charge is 0.497 e. The van der Waals surface area contributed by atoms with Gasteiger partial charge in [0.15, 0.2) is 0 Å². The summed E-state index contributed by atoms with van der Waals surface area (Å²) in [7, 11) is 3.18. The van der Waals surface area contributed by atoms with Crippen molar-refractivity contribution in [2.75, 3.05) is 33.9 Å². The summed E-state index contributed by atoms with van der Waals surface area (Å²) in [6.07, 6.45) is 3.25. The molecule has 0 bridgehead atoms. The van der Waals surface area contributed by atoms with Gasteiger partial charge in [-0.25, -0.2) is 9.40 Å². The molecular weight excluding hydrogens is 437 g/mol. The maximum atomic E-state index is 13.5. The molecule has 1 fully saturated rings. The number of carbonyl (C=O) groups excluding carboxylic acids is 2. The van der Waals surface area contributed by atoms with Gasteiger partial charge in [-0.1, -0.05) is 30.7 Å². The topological polar surface area (TPSA) is 71.4 Å². The number of rotatable bonds is 9. The first-order valence-corrected chi connectivity index (χ1v) is 11.6. The third-order valence-electron chi connectivity index (χ3n) is 6.50. The Hall–Kier alpha value is -3.26. The Bertz CT molecular complexity index is 1040. The summed E-state index contributed by atoms with van der Waals surface area (Å²) in [4.78, 5) is 28.0. The van der Waals surface area contributed by atoms with Crippen LogP contribution in [0.25, 0.3) is 0 Å². The van der Waals surface area contributed by atoms with Crippen LogP contribution in [-0.4, -0.2) is 61.4 Å². The number of hydrogen-bond donors (Lipinski definition) is 0. The summed E-state index contributed by atoms with van der Waals surface area (Å²) in [5, 5.41) is 6.10. The molecule has 1 aliphatic carbocycles. The molecule has 2 aliphatic rings. The van der Waals surface area contributed by atoms with E-state index in [1.165, 1.54) is 17.1 Å². The van der Waals surface area contributed by atoms with Crippen LogP contribution >= 0.6 is 0 Å². The minimum absolute atomic E-state index is 0.000387. The Morgan fingerprint density at radius 1 is 1.09 bits per heavy atom. The Morgan fingerprint density at radius 3 is 2.38 bits per heavy atom. The molecule has 2 aromatic carbocycles. The van der Waals surface area contributed by atoms with Gasteiger partial charge in [0.2, 0.25) is 5.91 Å². The highest BCUT2D eigenvalue weighted by Crippen LogP contribution is 2.34. The van der Waals surface area contributed by atoms with E-state index in [-0.39, 0.29) is 36.1 Å². The second kappa shape index (κ2) is 10.8. The van der Waals surface area contributed by atoms with Crippen LogP contribution in [0.3, 0.4) is 0 Å². The zero-order valence-electron chi connectivity index (χ0n) is 19.6. The van der Waals surface area contributed by atoms with Gasteiger partial charge >= 0.3 is 0 Å². The van der Waals surface area contributed by atoms with Crippen molar-refractivity contribution in [3.8, 4) is 5.75 Å². The SMILES string of the molecule is COCCN(CC(=O)N1N=C(c2ccc(F)cc2)C[C@@H]1c1ccc(OC)cc1)C(=O)C1CCC1. The number of methoxy groups -OCH3 is 2. The Kier molecular flexibility index (Phi) is 7.57. The lowest BCUT2D eigenvalue weighted by atomic mass is 9.84. The molecule has 0 radical (unpaired) electrons. The van der Waals surface area contributed by atoms with Crippen molar-refractivity contribution in [2.24, 2.45) is 11.0 Å². The third kappa shape index (κ3) is 5.28. The minimum Gasteiger partial charge on any atom is -0.497 e. The molecule has 0 N–H and O–H groups in total. The van der Waals surface area contributed by atoms with Crippen LogP contribution in [0, 0.1) is 11.7 Å². The van der Waals surface area contributed by atoms with Crippen LogP contribution in [0.15, 0.2) is 53.6 Å². The van der Waals surface area contributed by atoms with Crippen LogP contribution in [0.1, 0.15) is 42.9 Å². The lowest BCUT2D eigenvalue weighted by molar-refractivity contribution is -0.146. The first-order valence-electron chi connectivity index (χ1n) is 11.6. The van der Waals surface area contributed by atoms with Crippen molar-refractivity contribution in [1.82, 2.24) is 9.91 Å². The first kappa shape index (κ1) is 23.9. The fourth-order valence-electron chi connectivity index (χ4n) is 4.26. The predicted molar refractivity (Wildman–Crippen MR) is 126 cm³/mol. The predicted octanol–water partition coefficient (Wildman–Crippen LogP) is 3.79. The second-order valence-electron chi connectivity index (χ2n) is 8.67. The molecule has 4 rings (SSSR count). The normalized spacial score (nSPS) is 17.8. The summed E-state index contributed by atoms with van der Waals surface area (Å²) in [6.45, 7) is 0.649. The molecule has 1 saturated carbocycles. The molecule has 7 nitrogen and oxygen atoms in total. The van der Waals surface area contributed by atoms with Crippen molar-refractivity contribution in [3.05, 3.63) is 65.5 Å². The van der Waals surface area contributed by atoms with Gasteiger partial charge in [0, 0.05) is 26.0 Å². The summed E-state index contributed by atoms with van der Waals surface area (Å²) < 4.78 is 23.9. The number of nitrogens with zero attached hydrogens (tertiary/aromatic N) is 3. The van der Waals surface area contributed by atoms with E-state index in [4.69, 9.17) is 9.47 Å². The van der Waals surface area contributed by atoms with Gasteiger partial charge in [0.1, 0.15) is 18.1 Å². The number of carbonyl (C=O) groups is 2. The molecule has 0 spiro atoms. The maximum Gasteiger partial charge on any atom is 0.262 e. The standard InChI is InChI=1S/C26H30FN3O4/c1-33-15-14-29(26(32)20-4-3-5-20)17-25(31)30-24(19-8-12-22(34-2)13-9-19)16-23(28-30)18-6-10-21(27)11-7-18/h6-13,20,24H,3-5,14-17H2,1-2H3/t24-/m1/s1. The summed E-state index contributed by atoms with van der Waals surface area (Å²) in [5.74, 6) is 0.113. The van der Waals surface area contributed by atoms with Gasteiger partial charge in [-0.05, 0) is 48.2 Å². The van der Waals surface area contributed by atoms with Crippen molar-refractivity contribution in [1.29, 1.82) is 0 Å². The molecule has 8 heteroatoms. The van der Waals surface area contributed by atoms with E-state index in [0.717, 1.165) is 36.1 Å². The van der Waals surface area contributed by atoms with Crippen LogP contribution in [0.2, 0.25) is 0 Å². The highest BCUT2D eigenvalue weighted by Gasteiger charge is 2.36. The number of halogens is 1. The van der Waals surface area contributed by atoms with E-state index in [9.17, 15) is 14.0 Å². The molecule has 180 valence electrons. The molecule has 0 aromatic heterocycles. The van der Waals surface area contributed by atoms with Gasteiger partial charge in [0.25, 0.3) is 5.91 Å². The second-order valence-corrected chi connectivity index (χ2v) is 8.67. The lowest BCUT2D eigenvalue weighted by Crippen LogP contribution is -2.46. The molecule has 0 saturated heterocycles. The van der Waals surface area contributed by atoms with E-state index in [1.54, 1.807) is 31.3 Å². The maximum absolute atomic E-state index is 13.5. The van der Waals surface area contributed by atoms with Gasteiger partial charge in [-0.3, -0.25) is 9.59 Å². The Morgan fingerprint density at radius 2 is 1.79 bits per heavy atom. The molecule has 1 aliphatic heterocycles. The summed E-state index contributed by atoms with van der Waals surface area (Å²) >= 11 is 0. The van der Waals surface area contributed by atoms with Crippen LogP contribution < -0.4 is 4.74 Å². The lowest BCUT2D eigenvalue weighted by Gasteiger charge is -2.32. The molecule has 1 atom stereocenters. The van der Waals surface area contributed by atoms with Crippen molar-refractivity contribution >= 4 is 17.5 Å². The zero-order chi connectivity index (χ0) is 24.1. The fourth-order valence-corrected chi connectivity index (χ4v) is 4.26. The number of benzene rings is 2.